The zero-order valence-electron chi connectivity index (χ0n) is 8.41. The second-order valence-corrected chi connectivity index (χ2v) is 4.63. The van der Waals surface area contributed by atoms with Crippen molar-refractivity contribution in [3.63, 3.8) is 0 Å². The first kappa shape index (κ1) is 9.93. The van der Waals surface area contributed by atoms with Gasteiger partial charge >= 0.3 is 0 Å². The van der Waals surface area contributed by atoms with E-state index in [-0.39, 0.29) is 24.0 Å². The molecule has 2 fully saturated rings. The lowest BCUT2D eigenvalue weighted by Gasteiger charge is -2.22. The summed E-state index contributed by atoms with van der Waals surface area (Å²) in [5, 5.41) is 8.91. The Morgan fingerprint density at radius 2 is 2.29 bits per heavy atom. The monoisotopic (exact) mass is 198 g/mol. The highest BCUT2D eigenvalue weighted by Crippen LogP contribution is 2.49. The summed E-state index contributed by atoms with van der Waals surface area (Å²) in [6.07, 6.45) is 3.90. The van der Waals surface area contributed by atoms with Gasteiger partial charge in [-0.05, 0) is 31.1 Å². The van der Waals surface area contributed by atoms with E-state index in [9.17, 15) is 4.79 Å². The Kier molecular flexibility index (Phi) is 2.49. The van der Waals surface area contributed by atoms with E-state index in [1.54, 1.807) is 0 Å². The molecule has 0 spiro atoms. The van der Waals surface area contributed by atoms with Gasteiger partial charge in [-0.2, -0.15) is 0 Å². The average molecular weight is 198 g/mol. The van der Waals surface area contributed by atoms with Crippen LogP contribution in [-0.4, -0.2) is 41.7 Å². The van der Waals surface area contributed by atoms with Gasteiger partial charge in [0, 0.05) is 19.7 Å². The second kappa shape index (κ2) is 3.51. The first-order valence-electron chi connectivity index (χ1n) is 5.32. The van der Waals surface area contributed by atoms with Gasteiger partial charge in [0.15, 0.2) is 0 Å². The lowest BCUT2D eigenvalue weighted by Crippen LogP contribution is -2.37. The van der Waals surface area contributed by atoms with Crippen LogP contribution in [0, 0.1) is 5.41 Å². The molecule has 0 aromatic heterocycles. The summed E-state index contributed by atoms with van der Waals surface area (Å²) in [7, 11) is 0. The van der Waals surface area contributed by atoms with Crippen LogP contribution in [0.25, 0.3) is 0 Å². The van der Waals surface area contributed by atoms with Crippen molar-refractivity contribution in [1.29, 1.82) is 0 Å². The zero-order chi connectivity index (χ0) is 10.2. The highest BCUT2D eigenvalue weighted by molar-refractivity contribution is 5.83. The Bertz CT molecular complexity index is 238. The van der Waals surface area contributed by atoms with Crippen LogP contribution in [0.3, 0.4) is 0 Å². The number of rotatable bonds is 4. The van der Waals surface area contributed by atoms with Gasteiger partial charge in [-0.3, -0.25) is 4.79 Å². The molecule has 14 heavy (non-hydrogen) atoms. The number of carbonyl (C=O) groups is 1. The molecule has 2 aliphatic rings. The molecule has 1 atom stereocenters. The third kappa shape index (κ3) is 1.77. The summed E-state index contributed by atoms with van der Waals surface area (Å²) in [4.78, 5) is 13.4. The normalized spacial score (nSPS) is 29.7. The summed E-state index contributed by atoms with van der Waals surface area (Å²) in [6.45, 7) is 1.83. The minimum Gasteiger partial charge on any atom is -0.396 e. The van der Waals surface area contributed by atoms with Crippen molar-refractivity contribution < 1.29 is 9.90 Å². The predicted octanol–water partition coefficient (Wildman–Crippen LogP) is -0.291. The smallest absolute Gasteiger partial charge is 0.239 e. The standard InChI is InChI=1S/C10H18N2O2/c11-8-1-5-12(9(8)14)7-10(2-3-10)4-6-13/h8,13H,1-7,11H2. The topological polar surface area (TPSA) is 66.6 Å². The third-order valence-electron chi connectivity index (χ3n) is 3.46. The fourth-order valence-corrected chi connectivity index (χ4v) is 2.23. The zero-order valence-corrected chi connectivity index (χ0v) is 8.41. The van der Waals surface area contributed by atoms with Gasteiger partial charge in [-0.15, -0.1) is 0 Å². The molecule has 4 heteroatoms. The molecule has 1 saturated carbocycles. The van der Waals surface area contributed by atoms with Gasteiger partial charge in [0.2, 0.25) is 5.91 Å². The minimum atomic E-state index is -0.278. The van der Waals surface area contributed by atoms with E-state index in [1.165, 1.54) is 0 Å². The molecule has 3 N–H and O–H groups in total. The van der Waals surface area contributed by atoms with E-state index in [0.717, 1.165) is 38.8 Å². The van der Waals surface area contributed by atoms with Crippen molar-refractivity contribution in [3.05, 3.63) is 0 Å². The van der Waals surface area contributed by atoms with Crippen LogP contribution in [0.4, 0.5) is 0 Å². The molecule has 1 heterocycles. The fraction of sp³-hybridized carbons (Fsp3) is 0.900. The molecule has 4 nitrogen and oxygen atoms in total. The third-order valence-corrected chi connectivity index (χ3v) is 3.46. The summed E-state index contributed by atoms with van der Waals surface area (Å²) >= 11 is 0. The van der Waals surface area contributed by atoms with Crippen LogP contribution < -0.4 is 5.73 Å². The van der Waals surface area contributed by atoms with Gasteiger partial charge in [0.05, 0.1) is 6.04 Å². The number of aliphatic hydroxyl groups is 1. The Labute approximate surface area is 84.1 Å². The molecule has 1 unspecified atom stereocenters. The molecule has 0 radical (unpaired) electrons. The number of amides is 1. The SMILES string of the molecule is NC1CCN(CC2(CCO)CC2)C1=O. The van der Waals surface area contributed by atoms with Gasteiger partial charge in [0.1, 0.15) is 0 Å². The van der Waals surface area contributed by atoms with E-state index in [2.05, 4.69) is 0 Å². The Morgan fingerprint density at radius 3 is 2.71 bits per heavy atom. The molecule has 2 rings (SSSR count). The maximum atomic E-state index is 11.6. The van der Waals surface area contributed by atoms with Gasteiger partial charge in [-0.1, -0.05) is 0 Å². The quantitative estimate of drug-likeness (QED) is 0.652. The van der Waals surface area contributed by atoms with E-state index < -0.39 is 0 Å². The van der Waals surface area contributed by atoms with Crippen LogP contribution in [0.5, 0.6) is 0 Å². The van der Waals surface area contributed by atoms with E-state index >= 15 is 0 Å². The van der Waals surface area contributed by atoms with Crippen molar-refractivity contribution in [1.82, 2.24) is 4.90 Å². The summed E-state index contributed by atoms with van der Waals surface area (Å²) in [6, 6.07) is -0.278. The highest BCUT2D eigenvalue weighted by atomic mass is 16.3. The van der Waals surface area contributed by atoms with Crippen LogP contribution >= 0.6 is 0 Å². The lowest BCUT2D eigenvalue weighted by molar-refractivity contribution is -0.129. The minimum absolute atomic E-state index is 0.0919. The van der Waals surface area contributed by atoms with Crippen molar-refractivity contribution in [2.24, 2.45) is 11.1 Å². The summed E-state index contributed by atoms with van der Waals surface area (Å²) in [5.74, 6) is 0.0919. The molecule has 0 aromatic rings. The van der Waals surface area contributed by atoms with Crippen molar-refractivity contribution >= 4 is 5.91 Å². The largest absolute Gasteiger partial charge is 0.396 e. The maximum Gasteiger partial charge on any atom is 0.239 e. The summed E-state index contributed by atoms with van der Waals surface area (Å²) in [5.41, 5.74) is 5.87. The molecular formula is C10H18N2O2. The molecule has 0 bridgehead atoms. The van der Waals surface area contributed by atoms with Gasteiger partial charge in [0.25, 0.3) is 0 Å². The number of carbonyl (C=O) groups excluding carboxylic acids is 1. The van der Waals surface area contributed by atoms with Crippen LogP contribution in [0.15, 0.2) is 0 Å². The predicted molar refractivity (Wildman–Crippen MR) is 52.5 cm³/mol. The Morgan fingerprint density at radius 1 is 1.57 bits per heavy atom. The Hall–Kier alpha value is -0.610. The molecule has 1 aliphatic heterocycles. The second-order valence-electron chi connectivity index (χ2n) is 4.63. The number of nitrogens with zero attached hydrogens (tertiary/aromatic N) is 1. The number of hydrogen-bond acceptors (Lipinski definition) is 3. The van der Waals surface area contributed by atoms with Crippen molar-refractivity contribution in [2.45, 2.75) is 31.7 Å². The van der Waals surface area contributed by atoms with Crippen molar-refractivity contribution in [3.8, 4) is 0 Å². The number of aliphatic hydroxyl groups excluding tert-OH is 1. The van der Waals surface area contributed by atoms with Crippen LogP contribution in [-0.2, 0) is 4.79 Å². The average Bonchev–Trinajstić information content (AvgIpc) is 2.85. The van der Waals surface area contributed by atoms with Crippen molar-refractivity contribution in [2.75, 3.05) is 19.7 Å². The molecule has 80 valence electrons. The molecule has 1 saturated heterocycles. The van der Waals surface area contributed by atoms with E-state index in [0.29, 0.717) is 0 Å². The number of hydrogen-bond donors (Lipinski definition) is 2. The molecule has 0 aromatic carbocycles. The van der Waals surface area contributed by atoms with E-state index in [4.69, 9.17) is 10.8 Å². The highest BCUT2D eigenvalue weighted by Gasteiger charge is 2.45. The van der Waals surface area contributed by atoms with Gasteiger partial charge in [-0.25, -0.2) is 0 Å². The fourth-order valence-electron chi connectivity index (χ4n) is 2.23. The van der Waals surface area contributed by atoms with Gasteiger partial charge < -0.3 is 15.7 Å². The van der Waals surface area contributed by atoms with Crippen LogP contribution in [0.2, 0.25) is 0 Å². The van der Waals surface area contributed by atoms with E-state index in [1.807, 2.05) is 4.90 Å². The number of nitrogens with two attached hydrogens (primary N) is 1. The number of likely N-dealkylation sites (tertiary alicyclic amines) is 1. The van der Waals surface area contributed by atoms with Crippen LogP contribution in [0.1, 0.15) is 25.7 Å². The first-order chi connectivity index (χ1) is 6.67. The summed E-state index contributed by atoms with van der Waals surface area (Å²) < 4.78 is 0. The molecular weight excluding hydrogens is 180 g/mol. The Balaban J connectivity index is 1.89. The molecule has 1 aliphatic carbocycles. The maximum absolute atomic E-state index is 11.6. The first-order valence-corrected chi connectivity index (χ1v) is 5.32. The lowest BCUT2D eigenvalue weighted by atomic mass is 10.0. The molecule has 1 amide bonds.